The lowest BCUT2D eigenvalue weighted by atomic mass is 10.0. The largest absolute Gasteiger partial charge is 0.497 e. The van der Waals surface area contributed by atoms with Crippen molar-refractivity contribution in [2.24, 2.45) is 0 Å². The van der Waals surface area contributed by atoms with Gasteiger partial charge in [-0.2, -0.15) is 0 Å². The molecule has 3 heterocycles. The van der Waals surface area contributed by atoms with Gasteiger partial charge in [-0.25, -0.2) is 14.4 Å². The molecule has 4 rings (SSSR count). The molecule has 0 bridgehead atoms. The Bertz CT molecular complexity index is 1370. The van der Waals surface area contributed by atoms with Gasteiger partial charge in [0, 0.05) is 30.0 Å². The lowest BCUT2D eigenvalue weighted by Gasteiger charge is -2.32. The zero-order valence-electron chi connectivity index (χ0n) is 21.6. The Morgan fingerprint density at radius 2 is 2.03 bits per heavy atom. The number of aromatic nitrogens is 2. The number of nitrogens with one attached hydrogen (secondary N) is 2. The average molecular weight is 578 g/mol. The maximum absolute atomic E-state index is 14.0. The molecule has 4 N–H and O–H groups in total. The number of ether oxygens (including phenoxy) is 1. The lowest BCUT2D eigenvalue weighted by molar-refractivity contribution is -0.126. The van der Waals surface area contributed by atoms with Crippen molar-refractivity contribution in [1.82, 2.24) is 20.2 Å². The molecule has 0 radical (unpaired) electrons. The molecule has 208 valence electrons. The second-order valence-electron chi connectivity index (χ2n) is 9.16. The van der Waals surface area contributed by atoms with Gasteiger partial charge in [0.05, 0.1) is 48.0 Å². The SMILES string of the molecule is COc1cc(F)cc([C@@H](CO)NC(=O)[C@@H](C)N2CCc3sc(-c4nc(N[C@@H](C)CO)ncc4Cl)cc3C2=O)c1. The fourth-order valence-corrected chi connectivity index (χ4v) is 5.60. The number of anilines is 1. The predicted molar refractivity (Wildman–Crippen MR) is 146 cm³/mol. The van der Waals surface area contributed by atoms with Gasteiger partial charge in [0.2, 0.25) is 11.9 Å². The van der Waals surface area contributed by atoms with Gasteiger partial charge < -0.3 is 30.5 Å². The minimum absolute atomic E-state index is 0.0970. The van der Waals surface area contributed by atoms with Crippen molar-refractivity contribution in [1.29, 1.82) is 0 Å². The number of hydrogen-bond acceptors (Lipinski definition) is 9. The molecule has 2 aromatic heterocycles. The topological polar surface area (TPSA) is 137 Å². The van der Waals surface area contributed by atoms with Gasteiger partial charge in [-0.3, -0.25) is 9.59 Å². The molecule has 0 aliphatic carbocycles. The normalized spacial score (nSPS) is 15.4. The third-order valence-electron chi connectivity index (χ3n) is 6.38. The molecule has 0 fully saturated rings. The summed E-state index contributed by atoms with van der Waals surface area (Å²) in [5.74, 6) is -0.808. The zero-order chi connectivity index (χ0) is 28.3. The van der Waals surface area contributed by atoms with Gasteiger partial charge in [-0.05, 0) is 37.6 Å². The molecule has 1 aliphatic rings. The summed E-state index contributed by atoms with van der Waals surface area (Å²) >= 11 is 7.77. The van der Waals surface area contributed by atoms with Crippen molar-refractivity contribution in [3.63, 3.8) is 0 Å². The van der Waals surface area contributed by atoms with E-state index in [2.05, 4.69) is 20.6 Å². The second kappa shape index (κ2) is 12.2. The summed E-state index contributed by atoms with van der Waals surface area (Å²) in [5, 5.41) is 25.2. The predicted octanol–water partition coefficient (Wildman–Crippen LogP) is 3.04. The van der Waals surface area contributed by atoms with Crippen LogP contribution in [0, 0.1) is 5.82 Å². The molecular formula is C26H29ClFN5O5S. The molecule has 10 nitrogen and oxygen atoms in total. The Morgan fingerprint density at radius 3 is 2.72 bits per heavy atom. The Morgan fingerprint density at radius 1 is 1.26 bits per heavy atom. The first-order valence-corrected chi connectivity index (χ1v) is 13.4. The number of aliphatic hydroxyl groups is 2. The van der Waals surface area contributed by atoms with Gasteiger partial charge in [0.15, 0.2) is 0 Å². The van der Waals surface area contributed by atoms with Crippen molar-refractivity contribution >= 4 is 40.7 Å². The zero-order valence-corrected chi connectivity index (χ0v) is 23.1. The monoisotopic (exact) mass is 577 g/mol. The number of aliphatic hydroxyl groups excluding tert-OH is 2. The third kappa shape index (κ3) is 6.30. The van der Waals surface area contributed by atoms with Gasteiger partial charge in [0.25, 0.3) is 5.91 Å². The van der Waals surface area contributed by atoms with Crippen molar-refractivity contribution in [2.75, 3.05) is 32.2 Å². The van der Waals surface area contributed by atoms with Gasteiger partial charge in [-0.15, -0.1) is 11.3 Å². The number of carbonyl (C=O) groups excluding carboxylic acids is 2. The number of hydrogen-bond donors (Lipinski definition) is 4. The number of amides is 2. The lowest BCUT2D eigenvalue weighted by Crippen LogP contribution is -2.51. The highest BCUT2D eigenvalue weighted by Crippen LogP contribution is 2.37. The van der Waals surface area contributed by atoms with Crippen molar-refractivity contribution in [3.8, 4) is 16.3 Å². The number of fused-ring (bicyclic) bond motifs is 1. The molecule has 0 spiro atoms. The first-order chi connectivity index (χ1) is 18.6. The van der Waals surface area contributed by atoms with Crippen molar-refractivity contribution < 1.29 is 28.9 Å². The first kappa shape index (κ1) is 28.7. The average Bonchev–Trinajstić information content (AvgIpc) is 3.37. The number of methoxy groups -OCH3 is 1. The fourth-order valence-electron chi connectivity index (χ4n) is 4.21. The van der Waals surface area contributed by atoms with Crippen LogP contribution < -0.4 is 15.4 Å². The maximum atomic E-state index is 14.0. The minimum atomic E-state index is -0.885. The Kier molecular flexibility index (Phi) is 9.01. The highest BCUT2D eigenvalue weighted by Gasteiger charge is 2.34. The third-order valence-corrected chi connectivity index (χ3v) is 7.86. The summed E-state index contributed by atoms with van der Waals surface area (Å²) in [5.41, 5.74) is 1.26. The van der Waals surface area contributed by atoms with E-state index in [1.807, 2.05) is 0 Å². The van der Waals surface area contributed by atoms with Crippen LogP contribution in [0.5, 0.6) is 5.75 Å². The van der Waals surface area contributed by atoms with Crippen LogP contribution in [-0.2, 0) is 11.2 Å². The summed E-state index contributed by atoms with van der Waals surface area (Å²) in [6.07, 6.45) is 1.99. The van der Waals surface area contributed by atoms with E-state index in [4.69, 9.17) is 16.3 Å². The molecule has 3 atom stereocenters. The number of benzene rings is 1. The summed E-state index contributed by atoms with van der Waals surface area (Å²) in [4.78, 5) is 38.1. The molecule has 0 unspecified atom stereocenters. The van der Waals surface area contributed by atoms with E-state index in [0.29, 0.717) is 45.6 Å². The number of thiophene rings is 1. The number of nitrogens with zero attached hydrogens (tertiary/aromatic N) is 3. The van der Waals surface area contributed by atoms with Crippen molar-refractivity contribution in [3.05, 3.63) is 57.3 Å². The van der Waals surface area contributed by atoms with E-state index in [-0.39, 0.29) is 24.3 Å². The molecule has 3 aromatic rings. The van der Waals surface area contributed by atoms with Crippen LogP contribution in [0.4, 0.5) is 10.3 Å². The quantitative estimate of drug-likeness (QED) is 0.289. The summed E-state index contributed by atoms with van der Waals surface area (Å²) in [6.45, 7) is 3.14. The number of rotatable bonds is 10. The maximum Gasteiger partial charge on any atom is 0.255 e. The van der Waals surface area contributed by atoms with Crippen LogP contribution in [0.25, 0.3) is 10.6 Å². The number of carbonyl (C=O) groups is 2. The van der Waals surface area contributed by atoms with Crippen LogP contribution in [0.1, 0.15) is 40.7 Å². The van der Waals surface area contributed by atoms with Crippen LogP contribution in [0.2, 0.25) is 5.02 Å². The standard InChI is InChI=1S/C26H29ClFN5O5S/c1-13(11-34)30-26-29-10-19(27)23(32-26)22-9-18-21(39-22)4-5-33(25(18)37)14(2)24(36)31-20(12-35)15-6-16(28)8-17(7-15)38-3/h6-10,13-14,20,34-35H,4-5,11-12H2,1-3H3,(H,31,36)(H,29,30,32)/t13-,14+,20+/m0/s1. The molecule has 0 saturated heterocycles. The Labute approximate surface area is 233 Å². The fraction of sp³-hybridized carbons (Fsp3) is 0.385. The van der Waals surface area contributed by atoms with E-state index in [1.54, 1.807) is 19.9 Å². The molecule has 13 heteroatoms. The molecule has 1 aliphatic heterocycles. The van der Waals surface area contributed by atoms with Crippen LogP contribution in [0.3, 0.4) is 0 Å². The summed E-state index contributed by atoms with van der Waals surface area (Å²) < 4.78 is 19.1. The van der Waals surface area contributed by atoms with E-state index in [0.717, 1.165) is 4.88 Å². The van der Waals surface area contributed by atoms with E-state index in [9.17, 15) is 24.2 Å². The van der Waals surface area contributed by atoms with Crippen molar-refractivity contribution in [2.45, 2.75) is 38.4 Å². The molecule has 39 heavy (non-hydrogen) atoms. The molecular weight excluding hydrogens is 549 g/mol. The summed E-state index contributed by atoms with van der Waals surface area (Å²) in [7, 11) is 1.39. The second-order valence-corrected chi connectivity index (χ2v) is 10.7. The minimum Gasteiger partial charge on any atom is -0.497 e. The summed E-state index contributed by atoms with van der Waals surface area (Å²) in [6, 6.07) is 3.66. The Hall–Kier alpha value is -3.32. The molecule has 2 amide bonds. The van der Waals surface area contributed by atoms with Gasteiger partial charge in [0.1, 0.15) is 23.3 Å². The molecule has 1 aromatic carbocycles. The van der Waals surface area contributed by atoms with Gasteiger partial charge in [-0.1, -0.05) is 11.6 Å². The number of halogens is 2. The van der Waals surface area contributed by atoms with Crippen LogP contribution in [-0.4, -0.2) is 75.8 Å². The highest BCUT2D eigenvalue weighted by atomic mass is 35.5. The highest BCUT2D eigenvalue weighted by molar-refractivity contribution is 7.16. The smallest absolute Gasteiger partial charge is 0.255 e. The van der Waals surface area contributed by atoms with Gasteiger partial charge >= 0.3 is 0 Å². The first-order valence-electron chi connectivity index (χ1n) is 12.2. The molecule has 0 saturated carbocycles. The Balaban J connectivity index is 1.51. The van der Waals surface area contributed by atoms with E-state index >= 15 is 0 Å². The van der Waals surface area contributed by atoms with Crippen LogP contribution in [0.15, 0.2) is 30.5 Å². The van der Waals surface area contributed by atoms with E-state index in [1.165, 1.54) is 47.7 Å². The van der Waals surface area contributed by atoms with E-state index < -0.39 is 30.4 Å². The van der Waals surface area contributed by atoms with Crippen LogP contribution >= 0.6 is 22.9 Å².